The number of aromatic hydroxyl groups is 1. The molecule has 0 unspecified atom stereocenters. The number of nitro groups is 3. The Morgan fingerprint density at radius 2 is 1.63 bits per heavy atom. The summed E-state index contributed by atoms with van der Waals surface area (Å²) in [5, 5.41) is 51.1. The molecule has 1 aromatic heterocycles. The number of carbonyl (C=O) groups is 1. The van der Waals surface area contributed by atoms with Crippen LogP contribution >= 0.6 is 0 Å². The largest absolute Gasteiger partial charge is 0.619 e. The molecule has 0 saturated carbocycles. The van der Waals surface area contributed by atoms with Gasteiger partial charge in [0.05, 0.1) is 33.5 Å². The van der Waals surface area contributed by atoms with Gasteiger partial charge in [-0.25, -0.2) is 4.79 Å². The maximum atomic E-state index is 11.3. The summed E-state index contributed by atoms with van der Waals surface area (Å²) >= 11 is 0. The fourth-order valence-corrected chi connectivity index (χ4v) is 1.87. The van der Waals surface area contributed by atoms with Crippen molar-refractivity contribution in [3.05, 3.63) is 77.8 Å². The number of non-ortho nitro benzene ring substituents is 1. The predicted octanol–water partition coefficient (Wildman–Crippen LogP) is 2.25. The summed E-state index contributed by atoms with van der Waals surface area (Å²) in [7, 11) is 0. The van der Waals surface area contributed by atoms with E-state index >= 15 is 0 Å². The third-order valence-corrected chi connectivity index (χ3v) is 3.22. The van der Waals surface area contributed by atoms with Crippen LogP contribution in [0.5, 0.6) is 5.75 Å². The molecule has 0 atom stereocenters. The second-order valence-corrected chi connectivity index (χ2v) is 6.05. The first-order valence-corrected chi connectivity index (χ1v) is 8.10. The number of hydrogen-bond acceptors (Lipinski definition) is 10. The van der Waals surface area contributed by atoms with Crippen LogP contribution in [0.2, 0.25) is 0 Å². The Hall–Kier alpha value is -4.36. The van der Waals surface area contributed by atoms with Crippen LogP contribution in [0.3, 0.4) is 0 Å². The molecule has 0 saturated heterocycles. The van der Waals surface area contributed by atoms with Crippen molar-refractivity contribution in [3.63, 3.8) is 0 Å². The van der Waals surface area contributed by atoms with Crippen LogP contribution in [0, 0.1) is 41.5 Å². The highest BCUT2D eigenvalue weighted by Crippen LogP contribution is 2.38. The molecule has 0 spiro atoms. The zero-order valence-electron chi connectivity index (χ0n) is 15.7. The van der Waals surface area contributed by atoms with Crippen molar-refractivity contribution in [1.29, 1.82) is 0 Å². The third kappa shape index (κ3) is 6.66. The molecule has 0 fully saturated rings. The summed E-state index contributed by atoms with van der Waals surface area (Å²) in [5.74, 6) is -1.37. The van der Waals surface area contributed by atoms with E-state index in [9.17, 15) is 40.3 Å². The summed E-state index contributed by atoms with van der Waals surface area (Å²) in [5.41, 5.74) is -2.72. The normalized spacial score (nSPS) is 9.97. The van der Waals surface area contributed by atoms with Gasteiger partial charge in [-0.05, 0) is 12.0 Å². The fraction of sp³-hybridized carbons (Fsp3) is 0.250. The van der Waals surface area contributed by atoms with E-state index < -0.39 is 43.6 Å². The lowest BCUT2D eigenvalue weighted by atomic mass is 10.2. The molecule has 30 heavy (non-hydrogen) atoms. The molecule has 0 bridgehead atoms. The Labute approximate surface area is 168 Å². The first-order valence-electron chi connectivity index (χ1n) is 8.10. The first kappa shape index (κ1) is 23.7. The lowest BCUT2D eigenvalue weighted by Gasteiger charge is -2.06. The molecular weight excluding hydrogens is 408 g/mol. The number of carbonyl (C=O) groups excluding carboxylic acids is 1. The fourth-order valence-electron chi connectivity index (χ4n) is 1.87. The minimum Gasteiger partial charge on any atom is -0.619 e. The average Bonchev–Trinajstić information content (AvgIpc) is 2.66. The Morgan fingerprint density at radius 1 is 1.10 bits per heavy atom. The predicted molar refractivity (Wildman–Crippen MR) is 98.6 cm³/mol. The summed E-state index contributed by atoms with van der Waals surface area (Å²) in [6.45, 7) is 4.27. The minimum atomic E-state index is -1.21. The van der Waals surface area contributed by atoms with E-state index in [0.29, 0.717) is 29.4 Å². The summed E-state index contributed by atoms with van der Waals surface area (Å²) < 4.78 is 5.53. The van der Waals surface area contributed by atoms with Crippen LogP contribution in [0.25, 0.3) is 0 Å². The van der Waals surface area contributed by atoms with Gasteiger partial charge in [0.2, 0.25) is 0 Å². The number of esters is 1. The van der Waals surface area contributed by atoms with E-state index in [1.54, 1.807) is 6.07 Å². The van der Waals surface area contributed by atoms with Crippen molar-refractivity contribution in [2.75, 3.05) is 6.61 Å². The van der Waals surface area contributed by atoms with Crippen molar-refractivity contribution in [2.24, 2.45) is 5.92 Å². The van der Waals surface area contributed by atoms with Crippen molar-refractivity contribution < 1.29 is 34.1 Å². The highest BCUT2D eigenvalue weighted by molar-refractivity contribution is 5.88. The standard InChI is InChI=1S/C10H13NO3.C6H3N3O7/c1-8(2)7-14-10(12)9-4-3-5-11(13)6-9;10-6-4(8(13)14)1-3(7(11)12)2-5(6)9(15)16/h3-6,8H,7H2,1-2H3;1-2,10H. The lowest BCUT2D eigenvalue weighted by molar-refractivity contribution is -0.605. The Bertz CT molecular complexity index is 941. The van der Waals surface area contributed by atoms with Crippen molar-refractivity contribution in [3.8, 4) is 5.75 Å². The highest BCUT2D eigenvalue weighted by atomic mass is 16.6. The maximum absolute atomic E-state index is 11.3. The van der Waals surface area contributed by atoms with Gasteiger partial charge in [0, 0.05) is 6.07 Å². The average molecular weight is 424 g/mol. The van der Waals surface area contributed by atoms with Gasteiger partial charge in [0.15, 0.2) is 12.4 Å². The van der Waals surface area contributed by atoms with E-state index in [1.165, 1.54) is 18.5 Å². The number of hydrogen-bond donors (Lipinski definition) is 1. The van der Waals surface area contributed by atoms with Gasteiger partial charge >= 0.3 is 17.3 Å². The van der Waals surface area contributed by atoms with Gasteiger partial charge in [0.25, 0.3) is 11.4 Å². The van der Waals surface area contributed by atoms with E-state index in [1.807, 2.05) is 13.8 Å². The zero-order valence-corrected chi connectivity index (χ0v) is 15.7. The first-order chi connectivity index (χ1) is 13.9. The van der Waals surface area contributed by atoms with Crippen LogP contribution in [-0.2, 0) is 4.74 Å². The van der Waals surface area contributed by atoms with Gasteiger partial charge in [-0.2, -0.15) is 4.73 Å². The monoisotopic (exact) mass is 424 g/mol. The van der Waals surface area contributed by atoms with Crippen molar-refractivity contribution >= 4 is 23.0 Å². The number of nitrogens with zero attached hydrogens (tertiary/aromatic N) is 4. The number of pyridine rings is 1. The number of rotatable bonds is 6. The Morgan fingerprint density at radius 3 is 2.03 bits per heavy atom. The van der Waals surface area contributed by atoms with Crippen LogP contribution in [0.1, 0.15) is 24.2 Å². The smallest absolute Gasteiger partial charge is 0.344 e. The van der Waals surface area contributed by atoms with E-state index in [-0.39, 0.29) is 5.56 Å². The van der Waals surface area contributed by atoms with Gasteiger partial charge in [-0.15, -0.1) is 0 Å². The molecular formula is C16H16N4O10. The molecule has 0 amide bonds. The molecule has 0 radical (unpaired) electrons. The molecule has 14 nitrogen and oxygen atoms in total. The number of benzene rings is 1. The van der Waals surface area contributed by atoms with Gasteiger partial charge < -0.3 is 15.1 Å². The topological polar surface area (TPSA) is 203 Å². The van der Waals surface area contributed by atoms with E-state index in [4.69, 9.17) is 9.84 Å². The number of phenols is 1. The Balaban J connectivity index is 0.000000303. The molecule has 0 aliphatic rings. The zero-order chi connectivity index (χ0) is 23.0. The number of phenolic OH excluding ortho intramolecular Hbond substituents is 1. The van der Waals surface area contributed by atoms with Crippen LogP contribution in [0.4, 0.5) is 17.1 Å². The summed E-state index contributed by atoms with van der Waals surface area (Å²) in [6, 6.07) is 3.96. The highest BCUT2D eigenvalue weighted by Gasteiger charge is 2.30. The van der Waals surface area contributed by atoms with Gasteiger partial charge in [-0.3, -0.25) is 30.3 Å². The second kappa shape index (κ2) is 10.3. The summed E-state index contributed by atoms with van der Waals surface area (Å²) in [4.78, 5) is 39.1. The molecule has 160 valence electrons. The second-order valence-electron chi connectivity index (χ2n) is 6.05. The molecule has 2 aromatic rings. The molecule has 14 heteroatoms. The third-order valence-electron chi connectivity index (χ3n) is 3.22. The van der Waals surface area contributed by atoms with Crippen LogP contribution in [0.15, 0.2) is 36.7 Å². The summed E-state index contributed by atoms with van der Waals surface area (Å²) in [6.07, 6.45) is 2.52. The van der Waals surface area contributed by atoms with E-state index in [0.717, 1.165) is 0 Å². The molecule has 1 heterocycles. The quantitative estimate of drug-likeness (QED) is 0.235. The SMILES string of the molecule is CC(C)COC(=O)c1ccc[n+]([O-])c1.O=[N+]([O-])c1cc([N+](=O)[O-])c(O)c([N+](=O)[O-])c1. The van der Waals surface area contributed by atoms with Crippen molar-refractivity contribution in [2.45, 2.75) is 13.8 Å². The Kier molecular flexibility index (Phi) is 8.10. The van der Waals surface area contributed by atoms with E-state index in [2.05, 4.69) is 0 Å². The lowest BCUT2D eigenvalue weighted by Crippen LogP contribution is -2.26. The van der Waals surface area contributed by atoms with Crippen molar-refractivity contribution in [1.82, 2.24) is 0 Å². The minimum absolute atomic E-state index is 0.281. The van der Waals surface area contributed by atoms with Gasteiger partial charge in [-0.1, -0.05) is 13.8 Å². The van der Waals surface area contributed by atoms with Crippen LogP contribution in [-0.4, -0.2) is 32.5 Å². The number of nitro benzene ring substituents is 3. The molecule has 0 aliphatic heterocycles. The molecule has 1 aromatic carbocycles. The molecule has 0 aliphatic carbocycles. The maximum Gasteiger partial charge on any atom is 0.344 e. The van der Waals surface area contributed by atoms with Crippen LogP contribution < -0.4 is 4.73 Å². The van der Waals surface area contributed by atoms with Gasteiger partial charge in [0.1, 0.15) is 5.56 Å². The molecule has 2 rings (SSSR count). The number of aromatic nitrogens is 1. The molecule has 1 N–H and O–H groups in total. The number of ether oxygens (including phenoxy) is 1.